The second kappa shape index (κ2) is 7.23. The van der Waals surface area contributed by atoms with Crippen molar-refractivity contribution in [1.29, 1.82) is 0 Å². The summed E-state index contributed by atoms with van der Waals surface area (Å²) >= 11 is 0. The summed E-state index contributed by atoms with van der Waals surface area (Å²) in [6.07, 6.45) is 0.561. The Bertz CT molecular complexity index is 1160. The first kappa shape index (κ1) is 17.9. The fraction of sp³-hybridized carbons (Fsp3) is 0.182. The van der Waals surface area contributed by atoms with Gasteiger partial charge in [-0.05, 0) is 31.4 Å². The van der Waals surface area contributed by atoms with Gasteiger partial charge in [0.05, 0.1) is 12.8 Å². The molecule has 1 amide bonds. The molecular weight excluding hydrogens is 358 g/mol. The van der Waals surface area contributed by atoms with E-state index in [1.165, 1.54) is 13.2 Å². The van der Waals surface area contributed by atoms with Gasteiger partial charge in [0, 0.05) is 16.3 Å². The standard InChI is InChI=1S/C22H19NO5/c1-13-17-10-9-15-6-3-4-8-18(15)20(17)28-19(13)22(25)27-14(2)21(24)23-12-16-7-5-11-26-16/h3-11,14H,12H2,1-2H3,(H,23,24)/t14-/m0/s1. The number of ether oxygens (including phenoxy) is 1. The van der Waals surface area contributed by atoms with Gasteiger partial charge < -0.3 is 18.9 Å². The van der Waals surface area contributed by atoms with Crippen LogP contribution in [0, 0.1) is 6.92 Å². The fourth-order valence-electron chi connectivity index (χ4n) is 3.14. The number of rotatable bonds is 5. The molecule has 2 heterocycles. The van der Waals surface area contributed by atoms with Crippen molar-refractivity contribution in [2.24, 2.45) is 0 Å². The summed E-state index contributed by atoms with van der Waals surface area (Å²) in [6.45, 7) is 3.55. The maximum atomic E-state index is 12.6. The minimum Gasteiger partial charge on any atom is -0.467 e. The van der Waals surface area contributed by atoms with E-state index < -0.39 is 18.0 Å². The highest BCUT2D eigenvalue weighted by Crippen LogP contribution is 2.32. The molecule has 0 unspecified atom stereocenters. The molecule has 4 aromatic rings. The third kappa shape index (κ3) is 3.24. The molecule has 142 valence electrons. The quantitative estimate of drug-likeness (QED) is 0.523. The molecule has 0 fully saturated rings. The van der Waals surface area contributed by atoms with E-state index in [-0.39, 0.29) is 12.3 Å². The summed E-state index contributed by atoms with van der Waals surface area (Å²) < 4.78 is 16.3. The summed E-state index contributed by atoms with van der Waals surface area (Å²) in [6, 6.07) is 15.2. The van der Waals surface area contributed by atoms with Crippen molar-refractivity contribution in [3.8, 4) is 0 Å². The van der Waals surface area contributed by atoms with Crippen molar-refractivity contribution in [2.45, 2.75) is 26.5 Å². The van der Waals surface area contributed by atoms with E-state index in [9.17, 15) is 9.59 Å². The Hall–Kier alpha value is -3.54. The van der Waals surface area contributed by atoms with Gasteiger partial charge in [-0.3, -0.25) is 4.79 Å². The van der Waals surface area contributed by atoms with Gasteiger partial charge in [-0.25, -0.2) is 4.79 Å². The zero-order chi connectivity index (χ0) is 19.7. The van der Waals surface area contributed by atoms with Crippen LogP contribution in [0.3, 0.4) is 0 Å². The highest BCUT2D eigenvalue weighted by molar-refractivity contribution is 6.08. The van der Waals surface area contributed by atoms with Crippen LogP contribution in [0.15, 0.2) is 63.6 Å². The van der Waals surface area contributed by atoms with Crippen molar-refractivity contribution >= 4 is 33.6 Å². The second-order valence-electron chi connectivity index (χ2n) is 6.56. The molecule has 2 aromatic carbocycles. The zero-order valence-electron chi connectivity index (χ0n) is 15.5. The Labute approximate surface area is 161 Å². The molecule has 0 spiro atoms. The number of hydrogen-bond acceptors (Lipinski definition) is 5. The number of carbonyl (C=O) groups is 2. The summed E-state index contributed by atoms with van der Waals surface area (Å²) in [5.41, 5.74) is 1.33. The average molecular weight is 377 g/mol. The summed E-state index contributed by atoms with van der Waals surface area (Å²) in [7, 11) is 0. The predicted octanol–water partition coefficient (Wildman–Crippen LogP) is 4.35. The number of carbonyl (C=O) groups excluding carboxylic acids is 2. The molecule has 0 aliphatic heterocycles. The summed E-state index contributed by atoms with van der Waals surface area (Å²) in [5.74, 6) is -0.355. The maximum Gasteiger partial charge on any atom is 0.375 e. The Morgan fingerprint density at radius 2 is 1.89 bits per heavy atom. The normalized spacial score (nSPS) is 12.2. The molecule has 0 radical (unpaired) electrons. The first-order valence-corrected chi connectivity index (χ1v) is 8.96. The van der Waals surface area contributed by atoms with Crippen LogP contribution in [0.1, 0.15) is 28.8 Å². The largest absolute Gasteiger partial charge is 0.467 e. The number of hydrogen-bond donors (Lipinski definition) is 1. The van der Waals surface area contributed by atoms with Crippen LogP contribution in [-0.2, 0) is 16.1 Å². The number of benzene rings is 2. The van der Waals surface area contributed by atoms with Crippen LogP contribution in [0.2, 0.25) is 0 Å². The Morgan fingerprint density at radius 3 is 2.68 bits per heavy atom. The van der Waals surface area contributed by atoms with Gasteiger partial charge in [-0.15, -0.1) is 0 Å². The van der Waals surface area contributed by atoms with Crippen molar-refractivity contribution in [3.63, 3.8) is 0 Å². The number of amides is 1. The number of nitrogens with one attached hydrogen (secondary N) is 1. The third-order valence-electron chi connectivity index (χ3n) is 4.68. The van der Waals surface area contributed by atoms with Crippen molar-refractivity contribution < 1.29 is 23.2 Å². The van der Waals surface area contributed by atoms with Crippen LogP contribution in [0.4, 0.5) is 0 Å². The minimum atomic E-state index is -0.966. The molecule has 0 aliphatic carbocycles. The fourth-order valence-corrected chi connectivity index (χ4v) is 3.14. The van der Waals surface area contributed by atoms with Crippen molar-refractivity contribution in [2.75, 3.05) is 0 Å². The van der Waals surface area contributed by atoms with Crippen LogP contribution in [0.25, 0.3) is 21.7 Å². The highest BCUT2D eigenvalue weighted by Gasteiger charge is 2.24. The van der Waals surface area contributed by atoms with Gasteiger partial charge in [0.15, 0.2) is 6.10 Å². The lowest BCUT2D eigenvalue weighted by atomic mass is 10.1. The van der Waals surface area contributed by atoms with Gasteiger partial charge in [-0.2, -0.15) is 0 Å². The molecule has 2 aromatic heterocycles. The summed E-state index contributed by atoms with van der Waals surface area (Å²) in [5, 5.41) is 5.46. The van der Waals surface area contributed by atoms with Gasteiger partial charge in [0.2, 0.25) is 5.76 Å². The lowest BCUT2D eigenvalue weighted by molar-refractivity contribution is -0.129. The van der Waals surface area contributed by atoms with E-state index >= 15 is 0 Å². The maximum absolute atomic E-state index is 12.6. The molecule has 0 bridgehead atoms. The Kier molecular flexibility index (Phi) is 4.61. The van der Waals surface area contributed by atoms with E-state index in [0.29, 0.717) is 16.9 Å². The number of aryl methyl sites for hydroxylation is 1. The monoisotopic (exact) mass is 377 g/mol. The zero-order valence-corrected chi connectivity index (χ0v) is 15.5. The van der Waals surface area contributed by atoms with Crippen molar-refractivity contribution in [1.82, 2.24) is 5.32 Å². The van der Waals surface area contributed by atoms with Crippen molar-refractivity contribution in [3.05, 3.63) is 71.9 Å². The summed E-state index contributed by atoms with van der Waals surface area (Å²) in [4.78, 5) is 24.8. The Morgan fingerprint density at radius 1 is 1.07 bits per heavy atom. The predicted molar refractivity (Wildman–Crippen MR) is 104 cm³/mol. The van der Waals surface area contributed by atoms with E-state index in [0.717, 1.165) is 16.2 Å². The number of esters is 1. The van der Waals surface area contributed by atoms with E-state index in [1.54, 1.807) is 19.1 Å². The smallest absolute Gasteiger partial charge is 0.375 e. The molecular formula is C22H19NO5. The lowest BCUT2D eigenvalue weighted by Gasteiger charge is -2.12. The van der Waals surface area contributed by atoms with Gasteiger partial charge in [-0.1, -0.05) is 36.4 Å². The first-order chi connectivity index (χ1) is 13.5. The molecule has 0 aliphatic rings. The molecule has 1 atom stereocenters. The van der Waals surface area contributed by atoms with E-state index in [1.807, 2.05) is 36.4 Å². The molecule has 6 nitrogen and oxygen atoms in total. The molecule has 6 heteroatoms. The SMILES string of the molecule is Cc1c(C(=O)O[C@@H](C)C(=O)NCc2ccco2)oc2c1ccc1ccccc12. The Balaban J connectivity index is 1.52. The molecule has 0 saturated carbocycles. The molecule has 1 N–H and O–H groups in total. The number of fused-ring (bicyclic) bond motifs is 3. The highest BCUT2D eigenvalue weighted by atomic mass is 16.6. The second-order valence-corrected chi connectivity index (χ2v) is 6.56. The third-order valence-corrected chi connectivity index (χ3v) is 4.68. The van der Waals surface area contributed by atoms with E-state index in [4.69, 9.17) is 13.6 Å². The van der Waals surface area contributed by atoms with Crippen LogP contribution in [-0.4, -0.2) is 18.0 Å². The number of furan rings is 2. The van der Waals surface area contributed by atoms with Gasteiger partial charge >= 0.3 is 5.97 Å². The van der Waals surface area contributed by atoms with Gasteiger partial charge in [0.25, 0.3) is 5.91 Å². The topological polar surface area (TPSA) is 81.7 Å². The van der Waals surface area contributed by atoms with Gasteiger partial charge in [0.1, 0.15) is 11.3 Å². The average Bonchev–Trinajstić information content (AvgIpc) is 3.34. The minimum absolute atomic E-state index is 0.108. The van der Waals surface area contributed by atoms with Crippen LogP contribution in [0.5, 0.6) is 0 Å². The first-order valence-electron chi connectivity index (χ1n) is 8.96. The van der Waals surface area contributed by atoms with Crippen LogP contribution >= 0.6 is 0 Å². The van der Waals surface area contributed by atoms with Crippen LogP contribution < -0.4 is 5.32 Å². The molecule has 0 saturated heterocycles. The lowest BCUT2D eigenvalue weighted by Crippen LogP contribution is -2.35. The van der Waals surface area contributed by atoms with E-state index in [2.05, 4.69) is 5.32 Å². The molecule has 28 heavy (non-hydrogen) atoms. The molecule has 4 rings (SSSR count).